The van der Waals surface area contributed by atoms with E-state index in [-0.39, 0.29) is 17.2 Å². The summed E-state index contributed by atoms with van der Waals surface area (Å²) in [6.07, 6.45) is 13.1. The van der Waals surface area contributed by atoms with Gasteiger partial charge in [-0.25, -0.2) is 0 Å². The molecule has 3 heteroatoms. The standard InChI is InChI=1S/C26H37O3/c1-18(2)9-7-11-20(5)13-15-22-24(27)17-25(28)23(26(22)29)16-14-21(6)12-8-10-19(3)4/h9-10,13-14,27-29H,7-8,11-12,15-16H2,1-6H3/b20-13+,21-14+. The summed E-state index contributed by atoms with van der Waals surface area (Å²) in [6, 6.07) is 2.59. The van der Waals surface area contributed by atoms with E-state index in [9.17, 15) is 15.3 Å². The molecule has 0 heterocycles. The molecule has 1 rings (SSSR count). The molecule has 0 aliphatic heterocycles. The van der Waals surface area contributed by atoms with Crippen LogP contribution in [-0.2, 0) is 12.8 Å². The van der Waals surface area contributed by atoms with Gasteiger partial charge in [0.1, 0.15) is 17.2 Å². The van der Waals surface area contributed by atoms with E-state index in [1.165, 1.54) is 22.3 Å². The Balaban J connectivity index is 2.92. The number of phenols is 3. The number of aromatic hydroxyl groups is 3. The van der Waals surface area contributed by atoms with Gasteiger partial charge in [-0.05, 0) is 80.1 Å². The van der Waals surface area contributed by atoms with Gasteiger partial charge < -0.3 is 15.3 Å². The SMILES string of the molecule is CC(C)=CCC/C(C)=C/Cc1c(O)[c]c(O)c(C/C=C(\C)CCC=C(C)C)c1O. The van der Waals surface area contributed by atoms with Crippen molar-refractivity contribution in [1.29, 1.82) is 0 Å². The first-order valence-electron chi connectivity index (χ1n) is 10.4. The molecular formula is C26H37O3. The fourth-order valence-electron chi connectivity index (χ4n) is 2.99. The fourth-order valence-corrected chi connectivity index (χ4v) is 2.99. The molecule has 1 aromatic carbocycles. The molecule has 29 heavy (non-hydrogen) atoms. The van der Waals surface area contributed by atoms with E-state index >= 15 is 0 Å². The maximum absolute atomic E-state index is 10.7. The smallest absolute Gasteiger partial charge is 0.134 e. The quantitative estimate of drug-likeness (QED) is 0.370. The molecular weight excluding hydrogens is 360 g/mol. The van der Waals surface area contributed by atoms with E-state index in [2.05, 4.69) is 59.8 Å². The summed E-state index contributed by atoms with van der Waals surface area (Å²) in [5.74, 6) is -0.428. The summed E-state index contributed by atoms with van der Waals surface area (Å²) in [5.41, 5.74) is 5.83. The number of hydrogen-bond acceptors (Lipinski definition) is 3. The van der Waals surface area contributed by atoms with Gasteiger partial charge in [0, 0.05) is 11.1 Å². The summed E-state index contributed by atoms with van der Waals surface area (Å²) in [4.78, 5) is 0. The highest BCUT2D eigenvalue weighted by molar-refractivity contribution is 5.56. The molecule has 3 nitrogen and oxygen atoms in total. The van der Waals surface area contributed by atoms with Crippen LogP contribution in [0.25, 0.3) is 0 Å². The molecule has 3 N–H and O–H groups in total. The lowest BCUT2D eigenvalue weighted by Gasteiger charge is -2.12. The van der Waals surface area contributed by atoms with Crippen LogP contribution >= 0.6 is 0 Å². The highest BCUT2D eigenvalue weighted by Crippen LogP contribution is 2.38. The Kier molecular flexibility index (Phi) is 10.4. The van der Waals surface area contributed by atoms with Crippen LogP contribution in [0, 0.1) is 6.07 Å². The molecule has 0 unspecified atom stereocenters. The monoisotopic (exact) mass is 397 g/mol. The first-order valence-corrected chi connectivity index (χ1v) is 10.4. The Morgan fingerprint density at radius 2 is 1.03 bits per heavy atom. The minimum Gasteiger partial charge on any atom is -0.507 e. The largest absolute Gasteiger partial charge is 0.507 e. The van der Waals surface area contributed by atoms with Crippen molar-refractivity contribution < 1.29 is 15.3 Å². The van der Waals surface area contributed by atoms with Crippen LogP contribution in [0.4, 0.5) is 0 Å². The van der Waals surface area contributed by atoms with Gasteiger partial charge in [-0.15, -0.1) is 0 Å². The first kappa shape index (κ1) is 24.6. The Bertz CT molecular complexity index is 735. The van der Waals surface area contributed by atoms with E-state index in [1.54, 1.807) is 0 Å². The molecule has 0 saturated carbocycles. The van der Waals surface area contributed by atoms with Crippen LogP contribution in [0.2, 0.25) is 0 Å². The predicted octanol–water partition coefficient (Wildman–Crippen LogP) is 7.07. The fraction of sp³-hybridized carbons (Fsp3) is 0.462. The van der Waals surface area contributed by atoms with Gasteiger partial charge in [-0.1, -0.05) is 46.6 Å². The Labute approximate surface area is 176 Å². The molecule has 0 aliphatic carbocycles. The molecule has 0 saturated heterocycles. The Morgan fingerprint density at radius 1 is 0.655 bits per heavy atom. The third kappa shape index (κ3) is 9.08. The van der Waals surface area contributed by atoms with Crippen LogP contribution < -0.4 is 0 Å². The lowest BCUT2D eigenvalue weighted by molar-refractivity contribution is 0.412. The van der Waals surface area contributed by atoms with Gasteiger partial charge in [-0.3, -0.25) is 0 Å². The number of hydrogen-bond donors (Lipinski definition) is 3. The second kappa shape index (κ2) is 12.2. The van der Waals surface area contributed by atoms with Crippen LogP contribution in [0.5, 0.6) is 17.2 Å². The highest BCUT2D eigenvalue weighted by atomic mass is 16.3. The second-order valence-corrected chi connectivity index (χ2v) is 8.28. The topological polar surface area (TPSA) is 60.7 Å². The third-order valence-electron chi connectivity index (χ3n) is 4.87. The lowest BCUT2D eigenvalue weighted by atomic mass is 9.98. The van der Waals surface area contributed by atoms with Crippen molar-refractivity contribution in [2.24, 2.45) is 0 Å². The highest BCUT2D eigenvalue weighted by Gasteiger charge is 2.16. The zero-order valence-corrected chi connectivity index (χ0v) is 18.9. The normalized spacial score (nSPS) is 12.1. The van der Waals surface area contributed by atoms with Crippen molar-refractivity contribution >= 4 is 0 Å². The molecule has 0 aromatic heterocycles. The molecule has 0 spiro atoms. The lowest BCUT2D eigenvalue weighted by Crippen LogP contribution is -1.94. The Morgan fingerprint density at radius 3 is 1.38 bits per heavy atom. The molecule has 1 aromatic rings. The number of phenolic OH excluding ortho intramolecular Hbond substituents is 3. The second-order valence-electron chi connectivity index (χ2n) is 8.28. The molecule has 1 radical (unpaired) electrons. The third-order valence-corrected chi connectivity index (χ3v) is 4.87. The van der Waals surface area contributed by atoms with Crippen LogP contribution in [0.3, 0.4) is 0 Å². The average Bonchev–Trinajstić information content (AvgIpc) is 2.60. The van der Waals surface area contributed by atoms with Gasteiger partial charge in [0.05, 0.1) is 6.07 Å². The number of benzene rings is 1. The van der Waals surface area contributed by atoms with Crippen LogP contribution in [-0.4, -0.2) is 15.3 Å². The van der Waals surface area contributed by atoms with Crippen molar-refractivity contribution in [2.75, 3.05) is 0 Å². The van der Waals surface area contributed by atoms with E-state index in [0.717, 1.165) is 25.7 Å². The van der Waals surface area contributed by atoms with Crippen molar-refractivity contribution in [2.45, 2.75) is 80.1 Å². The Hall–Kier alpha value is -2.42. The molecule has 0 atom stereocenters. The maximum atomic E-state index is 10.7. The minimum atomic E-state index is -0.193. The van der Waals surface area contributed by atoms with Crippen LogP contribution in [0.15, 0.2) is 46.6 Å². The predicted molar refractivity (Wildman–Crippen MR) is 123 cm³/mol. The van der Waals surface area contributed by atoms with Crippen molar-refractivity contribution in [3.05, 3.63) is 63.8 Å². The zero-order chi connectivity index (χ0) is 22.0. The van der Waals surface area contributed by atoms with Crippen molar-refractivity contribution in [3.8, 4) is 17.2 Å². The molecule has 0 bridgehead atoms. The average molecular weight is 398 g/mol. The van der Waals surface area contributed by atoms with Gasteiger partial charge in [-0.2, -0.15) is 0 Å². The van der Waals surface area contributed by atoms with E-state index in [1.807, 2.05) is 12.2 Å². The van der Waals surface area contributed by atoms with E-state index in [0.29, 0.717) is 24.0 Å². The summed E-state index contributed by atoms with van der Waals surface area (Å²) in [6.45, 7) is 12.4. The minimum absolute atomic E-state index is 0.0413. The van der Waals surface area contributed by atoms with Gasteiger partial charge >= 0.3 is 0 Å². The van der Waals surface area contributed by atoms with E-state index < -0.39 is 0 Å². The van der Waals surface area contributed by atoms with Gasteiger partial charge in [0.25, 0.3) is 0 Å². The number of rotatable bonds is 10. The van der Waals surface area contributed by atoms with Gasteiger partial charge in [0.2, 0.25) is 0 Å². The van der Waals surface area contributed by atoms with E-state index in [4.69, 9.17) is 0 Å². The summed E-state index contributed by atoms with van der Waals surface area (Å²) < 4.78 is 0. The molecule has 0 amide bonds. The first-order chi connectivity index (χ1) is 13.6. The molecule has 0 aliphatic rings. The van der Waals surface area contributed by atoms with Gasteiger partial charge in [0.15, 0.2) is 0 Å². The summed E-state index contributed by atoms with van der Waals surface area (Å²) >= 11 is 0. The molecule has 0 fully saturated rings. The summed E-state index contributed by atoms with van der Waals surface area (Å²) in [5, 5.41) is 31.0. The van der Waals surface area contributed by atoms with Crippen molar-refractivity contribution in [3.63, 3.8) is 0 Å². The number of allylic oxidation sites excluding steroid dienone is 8. The zero-order valence-electron chi connectivity index (χ0n) is 18.9. The maximum Gasteiger partial charge on any atom is 0.134 e. The van der Waals surface area contributed by atoms with Crippen molar-refractivity contribution in [1.82, 2.24) is 0 Å². The van der Waals surface area contributed by atoms with Crippen LogP contribution in [0.1, 0.15) is 78.4 Å². The molecule has 159 valence electrons. The summed E-state index contributed by atoms with van der Waals surface area (Å²) in [7, 11) is 0.